The van der Waals surface area contributed by atoms with Crippen LogP contribution < -0.4 is 4.90 Å². The van der Waals surface area contributed by atoms with E-state index in [4.69, 9.17) is 4.84 Å². The number of hydroxylamine groups is 2. The van der Waals surface area contributed by atoms with Crippen LogP contribution in [0.1, 0.15) is 47.8 Å². The molecule has 2 aliphatic heterocycles. The van der Waals surface area contributed by atoms with Crippen molar-refractivity contribution >= 4 is 11.7 Å². The smallest absolute Gasteiger partial charge is 0.249 e. The van der Waals surface area contributed by atoms with Gasteiger partial charge in [-0.15, -0.1) is 0 Å². The first-order valence-electron chi connectivity index (χ1n) is 11.4. The molecule has 0 spiro atoms. The molecule has 174 valence electrons. The molecule has 10 nitrogen and oxygen atoms in total. The molecule has 0 unspecified atom stereocenters. The first-order valence-corrected chi connectivity index (χ1v) is 11.4. The van der Waals surface area contributed by atoms with Gasteiger partial charge in [0.1, 0.15) is 24.3 Å². The lowest BCUT2D eigenvalue weighted by Gasteiger charge is -2.34. The number of carbonyl (C=O) groups is 1. The molecule has 34 heavy (non-hydrogen) atoms. The highest BCUT2D eigenvalue weighted by molar-refractivity contribution is 5.79. The normalized spacial score (nSPS) is 18.8. The molecule has 0 radical (unpaired) electrons. The van der Waals surface area contributed by atoms with Gasteiger partial charge in [-0.3, -0.25) is 9.63 Å². The molecule has 10 heteroatoms. The molecule has 1 atom stereocenters. The van der Waals surface area contributed by atoms with Gasteiger partial charge in [0.05, 0.1) is 24.3 Å². The van der Waals surface area contributed by atoms with Crippen LogP contribution in [0.15, 0.2) is 36.9 Å². The molecule has 2 aromatic heterocycles. The summed E-state index contributed by atoms with van der Waals surface area (Å²) in [7, 11) is 0. The summed E-state index contributed by atoms with van der Waals surface area (Å²) in [5.74, 6) is 2.05. The van der Waals surface area contributed by atoms with E-state index in [2.05, 4.69) is 31.0 Å². The summed E-state index contributed by atoms with van der Waals surface area (Å²) in [5.41, 5.74) is 2.57. The maximum atomic E-state index is 13.4. The van der Waals surface area contributed by atoms with Crippen LogP contribution in [0.5, 0.6) is 0 Å². The van der Waals surface area contributed by atoms with Gasteiger partial charge in [0.25, 0.3) is 0 Å². The average molecular weight is 459 g/mol. The van der Waals surface area contributed by atoms with E-state index >= 15 is 0 Å². The minimum absolute atomic E-state index is 0.0173. The molecule has 2 fully saturated rings. The molecule has 2 aliphatic rings. The molecule has 1 amide bonds. The Balaban J connectivity index is 1.26. The lowest BCUT2D eigenvalue weighted by Crippen LogP contribution is -2.42. The van der Waals surface area contributed by atoms with Gasteiger partial charge in [-0.1, -0.05) is 6.07 Å². The predicted molar refractivity (Wildman–Crippen MR) is 123 cm³/mol. The molecule has 2 saturated heterocycles. The third-order valence-corrected chi connectivity index (χ3v) is 6.38. The highest BCUT2D eigenvalue weighted by Crippen LogP contribution is 2.34. The highest BCUT2D eigenvalue weighted by Gasteiger charge is 2.37. The van der Waals surface area contributed by atoms with Crippen LogP contribution in [0.2, 0.25) is 0 Å². The number of aromatic nitrogens is 5. The van der Waals surface area contributed by atoms with Crippen LogP contribution in [0, 0.1) is 31.1 Å². The van der Waals surface area contributed by atoms with Gasteiger partial charge >= 0.3 is 0 Å². The molecule has 4 heterocycles. The van der Waals surface area contributed by atoms with Crippen LogP contribution >= 0.6 is 0 Å². The van der Waals surface area contributed by atoms with Crippen LogP contribution in [-0.4, -0.2) is 55.4 Å². The number of hydrogen-bond acceptors (Lipinski definition) is 8. The second-order valence-electron chi connectivity index (χ2n) is 8.78. The number of benzene rings is 1. The number of amides is 1. The summed E-state index contributed by atoms with van der Waals surface area (Å²) in [6.45, 7) is 5.72. The summed E-state index contributed by atoms with van der Waals surface area (Å²) in [6.07, 6.45) is 5.31. The van der Waals surface area contributed by atoms with Gasteiger partial charge in [-0.2, -0.15) is 10.4 Å². The second kappa shape index (κ2) is 9.19. The monoisotopic (exact) mass is 458 g/mol. The fourth-order valence-corrected chi connectivity index (χ4v) is 4.69. The minimum atomic E-state index is -0.159. The topological polar surface area (TPSA) is 113 Å². The molecule has 5 rings (SSSR count). The number of rotatable bonds is 4. The Bertz CT molecular complexity index is 1240. The highest BCUT2D eigenvalue weighted by atomic mass is 16.7. The van der Waals surface area contributed by atoms with Crippen molar-refractivity contribution in [2.45, 2.75) is 39.2 Å². The summed E-state index contributed by atoms with van der Waals surface area (Å²) < 4.78 is 1.63. The van der Waals surface area contributed by atoms with E-state index in [1.54, 1.807) is 16.1 Å². The zero-order chi connectivity index (χ0) is 23.7. The van der Waals surface area contributed by atoms with Gasteiger partial charge in [-0.05, 0) is 49.9 Å². The van der Waals surface area contributed by atoms with Gasteiger partial charge < -0.3 is 4.90 Å². The maximum Gasteiger partial charge on any atom is 0.249 e. The van der Waals surface area contributed by atoms with Gasteiger partial charge in [0.2, 0.25) is 5.91 Å². The first kappa shape index (κ1) is 22.0. The first-order chi connectivity index (χ1) is 16.5. The van der Waals surface area contributed by atoms with Crippen LogP contribution in [0.4, 0.5) is 5.82 Å². The molecule has 0 aliphatic carbocycles. The zero-order valence-electron chi connectivity index (χ0n) is 19.3. The summed E-state index contributed by atoms with van der Waals surface area (Å²) in [4.78, 5) is 34.2. The van der Waals surface area contributed by atoms with Crippen molar-refractivity contribution in [1.29, 1.82) is 5.26 Å². The van der Waals surface area contributed by atoms with Crippen molar-refractivity contribution in [1.82, 2.24) is 29.8 Å². The third kappa shape index (κ3) is 4.34. The number of aryl methyl sites for hydroxylation is 2. The second-order valence-corrected chi connectivity index (χ2v) is 8.78. The molecule has 0 saturated carbocycles. The fraction of sp³-hybridized carbons (Fsp3) is 0.417. The van der Waals surface area contributed by atoms with Crippen molar-refractivity contribution in [3.63, 3.8) is 0 Å². The van der Waals surface area contributed by atoms with Crippen molar-refractivity contribution in [2.24, 2.45) is 5.92 Å². The molecule has 0 N–H and O–H groups in total. The van der Waals surface area contributed by atoms with Crippen molar-refractivity contribution in [3.05, 3.63) is 59.4 Å². The van der Waals surface area contributed by atoms with Crippen LogP contribution in [0.3, 0.4) is 0 Å². The lowest BCUT2D eigenvalue weighted by molar-refractivity contribution is -0.182. The van der Waals surface area contributed by atoms with E-state index in [0.29, 0.717) is 49.7 Å². The Morgan fingerprint density at radius 1 is 1.06 bits per heavy atom. The van der Waals surface area contributed by atoms with Gasteiger partial charge in [0, 0.05) is 31.5 Å². The standard InChI is InChI=1S/C24H26N8O2/c1-16-9-18(13-25)11-20(10-16)21-5-8-34-32(21)24(33)19-3-6-30(7-4-19)22-12-23(27-14-26-22)31-15-28-17(2)29-31/h9-12,14-15,19,21H,3-8H2,1-2H3/t21-/m0/s1. The summed E-state index contributed by atoms with van der Waals surface area (Å²) >= 11 is 0. The Labute approximate surface area is 197 Å². The Hall–Kier alpha value is -3.84. The summed E-state index contributed by atoms with van der Waals surface area (Å²) in [6, 6.07) is 9.68. The van der Waals surface area contributed by atoms with Gasteiger partial charge in [-0.25, -0.2) is 24.7 Å². The maximum absolute atomic E-state index is 13.4. The van der Waals surface area contributed by atoms with Crippen LogP contribution in [0.25, 0.3) is 5.82 Å². The average Bonchev–Trinajstić information content (AvgIpc) is 3.53. The number of nitriles is 1. The van der Waals surface area contributed by atoms with Crippen molar-refractivity contribution < 1.29 is 9.63 Å². The number of piperidine rings is 1. The Morgan fingerprint density at radius 3 is 2.59 bits per heavy atom. The number of nitrogens with zero attached hydrogens (tertiary/aromatic N) is 8. The van der Waals surface area contributed by atoms with E-state index in [1.165, 1.54) is 6.33 Å². The lowest BCUT2D eigenvalue weighted by atomic mass is 9.94. The van der Waals surface area contributed by atoms with Crippen molar-refractivity contribution in [2.75, 3.05) is 24.6 Å². The van der Waals surface area contributed by atoms with E-state index in [-0.39, 0.29) is 17.9 Å². The molecule has 1 aromatic carbocycles. The zero-order valence-corrected chi connectivity index (χ0v) is 19.3. The van der Waals surface area contributed by atoms with E-state index in [1.807, 2.05) is 38.1 Å². The number of hydrogen-bond donors (Lipinski definition) is 0. The molecular formula is C24H26N8O2. The van der Waals surface area contributed by atoms with E-state index in [0.717, 1.165) is 23.4 Å². The van der Waals surface area contributed by atoms with Gasteiger partial charge in [0.15, 0.2) is 5.82 Å². The minimum Gasteiger partial charge on any atom is -0.356 e. The molecular weight excluding hydrogens is 432 g/mol. The van der Waals surface area contributed by atoms with E-state index in [9.17, 15) is 10.1 Å². The number of anilines is 1. The molecule has 0 bridgehead atoms. The predicted octanol–water partition coefficient (Wildman–Crippen LogP) is 2.67. The van der Waals surface area contributed by atoms with Crippen LogP contribution in [-0.2, 0) is 9.63 Å². The molecule has 3 aromatic rings. The largest absolute Gasteiger partial charge is 0.356 e. The quantitative estimate of drug-likeness (QED) is 0.586. The SMILES string of the molecule is Cc1cc(C#N)cc([C@@H]2CCON2C(=O)C2CCN(c3cc(-n4cnc(C)n4)ncn3)CC2)c1. The van der Waals surface area contributed by atoms with Crippen molar-refractivity contribution in [3.8, 4) is 11.9 Å². The Kier molecular flexibility index (Phi) is 5.94. The fourth-order valence-electron chi connectivity index (χ4n) is 4.69. The summed E-state index contributed by atoms with van der Waals surface area (Å²) in [5, 5.41) is 15.2. The Morgan fingerprint density at radius 2 is 1.85 bits per heavy atom. The number of carbonyl (C=O) groups excluding carboxylic acids is 1. The third-order valence-electron chi connectivity index (χ3n) is 6.38. The van der Waals surface area contributed by atoms with E-state index < -0.39 is 0 Å².